The van der Waals surface area contributed by atoms with Crippen molar-refractivity contribution in [3.05, 3.63) is 53.0 Å². The van der Waals surface area contributed by atoms with Gasteiger partial charge in [-0.05, 0) is 38.1 Å². The molecule has 0 bridgehead atoms. The van der Waals surface area contributed by atoms with Crippen molar-refractivity contribution < 1.29 is 36.6 Å². The number of aliphatic hydroxyl groups is 2. The van der Waals surface area contributed by atoms with Gasteiger partial charge in [-0.15, -0.1) is 0 Å². The molecule has 0 fully saturated rings. The van der Waals surface area contributed by atoms with Crippen LogP contribution in [0.5, 0.6) is 0 Å². The maximum absolute atomic E-state index is 14.8. The van der Waals surface area contributed by atoms with Crippen molar-refractivity contribution in [1.82, 2.24) is 4.98 Å². The van der Waals surface area contributed by atoms with Crippen LogP contribution in [-0.2, 0) is 11.2 Å². The van der Waals surface area contributed by atoms with E-state index in [9.17, 15) is 36.6 Å². The van der Waals surface area contributed by atoms with Gasteiger partial charge in [-0.25, -0.2) is 18.2 Å². The van der Waals surface area contributed by atoms with E-state index in [4.69, 9.17) is 5.73 Å². The quantitative estimate of drug-likeness (QED) is 0.697. The van der Waals surface area contributed by atoms with E-state index >= 15 is 0 Å². The van der Waals surface area contributed by atoms with Crippen molar-refractivity contribution in [3.63, 3.8) is 0 Å². The number of rotatable bonds is 4. The highest BCUT2D eigenvalue weighted by Crippen LogP contribution is 2.42. The summed E-state index contributed by atoms with van der Waals surface area (Å²) < 4.78 is 82.7. The van der Waals surface area contributed by atoms with Crippen molar-refractivity contribution in [2.45, 2.75) is 31.2 Å². The standard InChI is InChI=1S/C17H16F6N2O2/c1-15(2,26)10-11(19)13(8-3-5-9(18)6-4-8)25-14(12(10)20)16(27,7-24)17(21,22)23/h3-6,26-27H,7,24H2,1-2H3/t16-/m1/s1. The van der Waals surface area contributed by atoms with Crippen LogP contribution in [0.2, 0.25) is 0 Å². The molecule has 0 amide bonds. The van der Waals surface area contributed by atoms with Crippen LogP contribution in [0.25, 0.3) is 11.3 Å². The van der Waals surface area contributed by atoms with Gasteiger partial charge in [0, 0.05) is 12.1 Å². The normalized spacial score (nSPS) is 14.9. The molecule has 0 aliphatic rings. The summed E-state index contributed by atoms with van der Waals surface area (Å²) in [5.74, 6) is -4.04. The van der Waals surface area contributed by atoms with Crippen molar-refractivity contribution in [1.29, 1.82) is 0 Å². The molecule has 2 rings (SSSR count). The van der Waals surface area contributed by atoms with Gasteiger partial charge in [-0.2, -0.15) is 13.2 Å². The summed E-state index contributed by atoms with van der Waals surface area (Å²) in [6.07, 6.45) is -5.44. The maximum atomic E-state index is 14.8. The van der Waals surface area contributed by atoms with Crippen LogP contribution in [0.15, 0.2) is 24.3 Å². The largest absolute Gasteiger partial charge is 0.424 e. The van der Waals surface area contributed by atoms with Gasteiger partial charge in [0.2, 0.25) is 5.60 Å². The van der Waals surface area contributed by atoms with Crippen molar-refractivity contribution in [2.24, 2.45) is 5.73 Å². The summed E-state index contributed by atoms with van der Waals surface area (Å²) in [5.41, 5.74) is -4.90. The van der Waals surface area contributed by atoms with E-state index in [1.807, 2.05) is 0 Å². The number of nitrogens with zero attached hydrogens (tertiary/aromatic N) is 1. The molecule has 1 heterocycles. The Morgan fingerprint density at radius 1 is 0.963 bits per heavy atom. The number of benzene rings is 1. The van der Waals surface area contributed by atoms with E-state index in [-0.39, 0.29) is 5.56 Å². The van der Waals surface area contributed by atoms with Gasteiger partial charge in [-0.1, -0.05) is 0 Å². The Morgan fingerprint density at radius 3 is 1.89 bits per heavy atom. The topological polar surface area (TPSA) is 79.4 Å². The summed E-state index contributed by atoms with van der Waals surface area (Å²) in [6, 6.07) is 3.79. The van der Waals surface area contributed by atoms with Crippen molar-refractivity contribution in [2.75, 3.05) is 6.54 Å². The van der Waals surface area contributed by atoms with E-state index in [1.165, 1.54) is 0 Å². The molecule has 0 saturated carbocycles. The lowest BCUT2D eigenvalue weighted by molar-refractivity contribution is -0.264. The Kier molecular flexibility index (Phi) is 5.30. The Labute approximate surface area is 150 Å². The number of halogens is 6. The number of pyridine rings is 1. The van der Waals surface area contributed by atoms with Gasteiger partial charge in [0.15, 0.2) is 11.6 Å². The van der Waals surface area contributed by atoms with E-state index in [0.29, 0.717) is 0 Å². The Morgan fingerprint density at radius 2 is 1.48 bits per heavy atom. The molecule has 0 spiro atoms. The third kappa shape index (κ3) is 3.64. The monoisotopic (exact) mass is 394 g/mol. The smallest absolute Gasteiger partial charge is 0.386 e. The average Bonchev–Trinajstić information content (AvgIpc) is 2.53. The fraction of sp³-hybridized carbons (Fsp3) is 0.353. The fourth-order valence-corrected chi connectivity index (χ4v) is 2.50. The molecule has 0 aliphatic carbocycles. The van der Waals surface area contributed by atoms with Crippen molar-refractivity contribution in [3.8, 4) is 11.3 Å². The number of hydrogen-bond acceptors (Lipinski definition) is 4. The molecule has 10 heteroatoms. The van der Waals surface area contributed by atoms with Gasteiger partial charge in [0.1, 0.15) is 17.2 Å². The first-order valence-electron chi connectivity index (χ1n) is 7.61. The van der Waals surface area contributed by atoms with Crippen LogP contribution in [0.4, 0.5) is 26.3 Å². The first-order chi connectivity index (χ1) is 12.2. The molecule has 4 nitrogen and oxygen atoms in total. The summed E-state index contributed by atoms with van der Waals surface area (Å²) in [6.45, 7) is 0.393. The van der Waals surface area contributed by atoms with Crippen LogP contribution in [0.1, 0.15) is 25.1 Å². The predicted octanol–water partition coefficient (Wildman–Crippen LogP) is 3.10. The average molecular weight is 394 g/mol. The zero-order valence-corrected chi connectivity index (χ0v) is 14.2. The Balaban J connectivity index is 2.94. The molecule has 1 atom stereocenters. The minimum absolute atomic E-state index is 0.192. The van der Waals surface area contributed by atoms with E-state index in [0.717, 1.165) is 38.1 Å². The number of aromatic nitrogens is 1. The molecular weight excluding hydrogens is 378 g/mol. The summed E-state index contributed by atoms with van der Waals surface area (Å²) in [5, 5.41) is 20.1. The second kappa shape index (κ2) is 6.77. The lowest BCUT2D eigenvalue weighted by Gasteiger charge is -2.31. The minimum atomic E-state index is -5.44. The van der Waals surface area contributed by atoms with E-state index in [2.05, 4.69) is 4.98 Å². The van der Waals surface area contributed by atoms with Gasteiger partial charge in [0.05, 0.1) is 11.2 Å². The molecule has 1 aromatic carbocycles. The lowest BCUT2D eigenvalue weighted by atomic mass is 9.89. The van der Waals surface area contributed by atoms with Crippen LogP contribution in [0.3, 0.4) is 0 Å². The molecular formula is C17H16F6N2O2. The highest BCUT2D eigenvalue weighted by Gasteiger charge is 2.57. The summed E-state index contributed by atoms with van der Waals surface area (Å²) in [7, 11) is 0. The third-order valence-electron chi connectivity index (χ3n) is 3.96. The zero-order chi connectivity index (χ0) is 20.8. The third-order valence-corrected chi connectivity index (χ3v) is 3.96. The molecule has 148 valence electrons. The first-order valence-corrected chi connectivity index (χ1v) is 7.61. The van der Waals surface area contributed by atoms with Gasteiger partial charge >= 0.3 is 6.18 Å². The second-order valence-corrected chi connectivity index (χ2v) is 6.44. The summed E-state index contributed by atoms with van der Waals surface area (Å²) in [4.78, 5) is 3.32. The van der Waals surface area contributed by atoms with Gasteiger partial charge < -0.3 is 15.9 Å². The molecule has 4 N–H and O–H groups in total. The Hall–Kier alpha value is -2.17. The van der Waals surface area contributed by atoms with Crippen molar-refractivity contribution >= 4 is 0 Å². The van der Waals surface area contributed by atoms with Crippen LogP contribution in [-0.4, -0.2) is 27.9 Å². The molecule has 27 heavy (non-hydrogen) atoms. The highest BCUT2D eigenvalue weighted by atomic mass is 19.4. The lowest BCUT2D eigenvalue weighted by Crippen LogP contribution is -2.50. The van der Waals surface area contributed by atoms with Crippen LogP contribution >= 0.6 is 0 Å². The summed E-state index contributed by atoms with van der Waals surface area (Å²) >= 11 is 0. The molecule has 0 saturated heterocycles. The minimum Gasteiger partial charge on any atom is -0.386 e. The fourth-order valence-electron chi connectivity index (χ4n) is 2.50. The van der Waals surface area contributed by atoms with E-state index < -0.39 is 58.3 Å². The maximum Gasteiger partial charge on any atom is 0.424 e. The number of alkyl halides is 3. The van der Waals surface area contributed by atoms with Crippen LogP contribution in [0, 0.1) is 17.5 Å². The molecule has 0 radical (unpaired) electrons. The highest BCUT2D eigenvalue weighted by molar-refractivity contribution is 5.62. The number of hydrogen-bond donors (Lipinski definition) is 3. The molecule has 0 unspecified atom stereocenters. The molecule has 2 aromatic rings. The van der Waals surface area contributed by atoms with Crippen LogP contribution < -0.4 is 5.73 Å². The predicted molar refractivity (Wildman–Crippen MR) is 83.8 cm³/mol. The Bertz CT molecular complexity index is 846. The van der Waals surface area contributed by atoms with Gasteiger partial charge in [-0.3, -0.25) is 0 Å². The first kappa shape index (κ1) is 21.1. The SMILES string of the molecule is CC(C)(O)c1c(F)c(-c2ccc(F)cc2)nc([C@](O)(CN)C(F)(F)F)c1F. The zero-order valence-electron chi connectivity index (χ0n) is 14.2. The van der Waals surface area contributed by atoms with E-state index in [1.54, 1.807) is 0 Å². The number of nitrogens with two attached hydrogens (primary N) is 1. The van der Waals surface area contributed by atoms with Gasteiger partial charge in [0.25, 0.3) is 0 Å². The second-order valence-electron chi connectivity index (χ2n) is 6.44. The molecule has 1 aromatic heterocycles. The molecule has 0 aliphatic heterocycles.